The molecule has 1 amide bonds. The highest BCUT2D eigenvalue weighted by atomic mass is 35.5. The summed E-state index contributed by atoms with van der Waals surface area (Å²) in [7, 11) is 0. The molecule has 1 aromatic rings. The number of aliphatic carboxylic acids is 1. The molecular formula is C15H16ClNO5. The third-order valence-corrected chi connectivity index (χ3v) is 4.05. The highest BCUT2D eigenvalue weighted by Crippen LogP contribution is 2.39. The molecule has 1 fully saturated rings. The van der Waals surface area contributed by atoms with E-state index < -0.39 is 17.8 Å². The Labute approximate surface area is 132 Å². The van der Waals surface area contributed by atoms with Crippen molar-refractivity contribution in [2.45, 2.75) is 19.4 Å². The van der Waals surface area contributed by atoms with Gasteiger partial charge in [0, 0.05) is 13.0 Å². The van der Waals surface area contributed by atoms with Crippen LogP contribution in [0.2, 0.25) is 5.02 Å². The number of amides is 1. The van der Waals surface area contributed by atoms with Crippen molar-refractivity contribution in [3.63, 3.8) is 0 Å². The van der Waals surface area contributed by atoms with Crippen molar-refractivity contribution in [2.24, 2.45) is 11.8 Å². The molecule has 3 rings (SSSR count). The van der Waals surface area contributed by atoms with Crippen molar-refractivity contribution < 1.29 is 24.2 Å². The molecule has 2 atom stereocenters. The fraction of sp³-hybridized carbons (Fsp3) is 0.467. The van der Waals surface area contributed by atoms with E-state index in [0.717, 1.165) is 12.0 Å². The summed E-state index contributed by atoms with van der Waals surface area (Å²) in [6.45, 7) is 1.39. The van der Waals surface area contributed by atoms with Crippen LogP contribution in [-0.4, -0.2) is 30.2 Å². The van der Waals surface area contributed by atoms with Crippen molar-refractivity contribution >= 4 is 23.5 Å². The number of benzene rings is 1. The van der Waals surface area contributed by atoms with Crippen molar-refractivity contribution in [1.29, 1.82) is 0 Å². The van der Waals surface area contributed by atoms with Gasteiger partial charge < -0.3 is 19.9 Å². The van der Waals surface area contributed by atoms with Crippen LogP contribution >= 0.6 is 11.6 Å². The van der Waals surface area contributed by atoms with E-state index in [1.54, 1.807) is 12.1 Å². The van der Waals surface area contributed by atoms with Gasteiger partial charge in [0.25, 0.3) is 0 Å². The lowest BCUT2D eigenvalue weighted by molar-refractivity contribution is -0.140. The highest BCUT2D eigenvalue weighted by Gasteiger charge is 2.48. The lowest BCUT2D eigenvalue weighted by Gasteiger charge is -2.12. The molecule has 6 nitrogen and oxygen atoms in total. The minimum atomic E-state index is -0.918. The molecule has 118 valence electrons. The second kappa shape index (κ2) is 6.04. The molecule has 0 spiro atoms. The van der Waals surface area contributed by atoms with Crippen molar-refractivity contribution in [1.82, 2.24) is 5.32 Å². The van der Waals surface area contributed by atoms with Crippen LogP contribution in [0, 0.1) is 11.8 Å². The standard InChI is InChI=1S/C15H16ClNO5/c16-11-4-8(5-12-13(11)22-3-1-2-21-12)7-17-14(18)9-6-10(9)15(19)20/h4-5,9-10H,1-3,6-7H2,(H,17,18)(H,19,20)/t9-,10-/m0/s1. The highest BCUT2D eigenvalue weighted by molar-refractivity contribution is 6.32. The van der Waals surface area contributed by atoms with E-state index in [1.807, 2.05) is 0 Å². The van der Waals surface area contributed by atoms with Crippen LogP contribution in [0.4, 0.5) is 0 Å². The van der Waals surface area contributed by atoms with Gasteiger partial charge in [0.1, 0.15) is 0 Å². The molecule has 1 aliphatic heterocycles. The van der Waals surface area contributed by atoms with Crippen LogP contribution in [0.5, 0.6) is 11.5 Å². The first kappa shape index (κ1) is 15.0. The van der Waals surface area contributed by atoms with E-state index in [0.29, 0.717) is 36.2 Å². The van der Waals surface area contributed by atoms with Gasteiger partial charge in [-0.1, -0.05) is 11.6 Å². The second-order valence-electron chi connectivity index (χ2n) is 5.46. The average molecular weight is 326 g/mol. The molecule has 22 heavy (non-hydrogen) atoms. The monoisotopic (exact) mass is 325 g/mol. The summed E-state index contributed by atoms with van der Waals surface area (Å²) in [6, 6.07) is 3.51. The molecule has 7 heteroatoms. The van der Waals surface area contributed by atoms with Gasteiger partial charge >= 0.3 is 5.97 Å². The minimum absolute atomic E-state index is 0.240. The van der Waals surface area contributed by atoms with E-state index in [4.69, 9.17) is 26.2 Å². The number of hydrogen-bond donors (Lipinski definition) is 2. The molecule has 2 N–H and O–H groups in total. The maximum Gasteiger partial charge on any atom is 0.307 e. The quantitative estimate of drug-likeness (QED) is 0.882. The van der Waals surface area contributed by atoms with Gasteiger partial charge in [0.15, 0.2) is 11.5 Å². The zero-order valence-electron chi connectivity index (χ0n) is 11.8. The average Bonchev–Trinajstić information content (AvgIpc) is 3.28. The number of hydrogen-bond acceptors (Lipinski definition) is 4. The van der Waals surface area contributed by atoms with Gasteiger partial charge in [-0.05, 0) is 24.1 Å². The summed E-state index contributed by atoms with van der Waals surface area (Å²) in [5.41, 5.74) is 0.787. The molecule has 0 saturated heterocycles. The fourth-order valence-electron chi connectivity index (χ4n) is 2.46. The Hall–Kier alpha value is -1.95. The zero-order valence-corrected chi connectivity index (χ0v) is 12.6. The van der Waals surface area contributed by atoms with Crippen LogP contribution in [0.3, 0.4) is 0 Å². The Morgan fingerprint density at radius 2 is 2.05 bits per heavy atom. The largest absolute Gasteiger partial charge is 0.489 e. The Kier molecular flexibility index (Phi) is 4.11. The molecule has 0 bridgehead atoms. The molecule has 1 aromatic carbocycles. The third kappa shape index (κ3) is 3.11. The van der Waals surface area contributed by atoms with Crippen LogP contribution in [0.15, 0.2) is 12.1 Å². The maximum atomic E-state index is 11.9. The number of rotatable bonds is 4. The van der Waals surface area contributed by atoms with E-state index >= 15 is 0 Å². The van der Waals surface area contributed by atoms with Crippen LogP contribution in [-0.2, 0) is 16.1 Å². The predicted molar refractivity (Wildman–Crippen MR) is 78.1 cm³/mol. The minimum Gasteiger partial charge on any atom is -0.489 e. The van der Waals surface area contributed by atoms with Crippen molar-refractivity contribution in [3.8, 4) is 11.5 Å². The summed E-state index contributed by atoms with van der Waals surface area (Å²) in [4.78, 5) is 22.6. The Morgan fingerprint density at radius 3 is 2.77 bits per heavy atom. The van der Waals surface area contributed by atoms with Gasteiger partial charge in [-0.2, -0.15) is 0 Å². The normalized spacial score (nSPS) is 22.6. The van der Waals surface area contributed by atoms with Crippen molar-refractivity contribution in [2.75, 3.05) is 13.2 Å². The number of nitrogens with one attached hydrogen (secondary N) is 1. The molecule has 2 aliphatic rings. The van der Waals surface area contributed by atoms with Gasteiger partial charge in [0.05, 0.1) is 30.1 Å². The molecule has 1 saturated carbocycles. The Balaban J connectivity index is 1.64. The summed E-state index contributed by atoms with van der Waals surface area (Å²) < 4.78 is 11.1. The summed E-state index contributed by atoms with van der Waals surface area (Å²) in [5.74, 6) is -1.03. The van der Waals surface area contributed by atoms with Crippen LogP contribution < -0.4 is 14.8 Å². The van der Waals surface area contributed by atoms with E-state index in [2.05, 4.69) is 5.32 Å². The third-order valence-electron chi connectivity index (χ3n) is 3.77. The van der Waals surface area contributed by atoms with Gasteiger partial charge in [0.2, 0.25) is 5.91 Å². The maximum absolute atomic E-state index is 11.9. The lowest BCUT2D eigenvalue weighted by Crippen LogP contribution is -2.25. The zero-order chi connectivity index (χ0) is 15.7. The number of halogens is 1. The van der Waals surface area contributed by atoms with Gasteiger partial charge in [-0.3, -0.25) is 9.59 Å². The molecule has 0 unspecified atom stereocenters. The smallest absolute Gasteiger partial charge is 0.307 e. The number of fused-ring (bicyclic) bond motifs is 1. The first-order chi connectivity index (χ1) is 10.6. The number of carbonyl (C=O) groups is 2. The van der Waals surface area contributed by atoms with Crippen molar-refractivity contribution in [3.05, 3.63) is 22.7 Å². The second-order valence-corrected chi connectivity index (χ2v) is 5.87. The van der Waals surface area contributed by atoms with E-state index in [-0.39, 0.29) is 12.5 Å². The van der Waals surface area contributed by atoms with Crippen LogP contribution in [0.1, 0.15) is 18.4 Å². The fourth-order valence-corrected chi connectivity index (χ4v) is 2.75. The summed E-state index contributed by atoms with van der Waals surface area (Å²) in [5, 5.41) is 12.0. The number of ether oxygens (including phenoxy) is 2. The van der Waals surface area contributed by atoms with Crippen LogP contribution in [0.25, 0.3) is 0 Å². The molecule has 1 heterocycles. The predicted octanol–water partition coefficient (Wildman–Crippen LogP) is 1.84. The topological polar surface area (TPSA) is 84.9 Å². The number of carboxylic acid groups (broad SMARTS) is 1. The molecule has 1 aliphatic carbocycles. The first-order valence-electron chi connectivity index (χ1n) is 7.15. The molecule has 0 radical (unpaired) electrons. The molecular weight excluding hydrogens is 310 g/mol. The van der Waals surface area contributed by atoms with E-state index in [1.165, 1.54) is 0 Å². The number of carboxylic acids is 1. The SMILES string of the molecule is O=C(O)[C@H]1C[C@@H]1C(=O)NCc1cc(Cl)c2c(c1)OCCCO2. The first-order valence-corrected chi connectivity index (χ1v) is 7.52. The summed E-state index contributed by atoms with van der Waals surface area (Å²) >= 11 is 6.18. The van der Waals surface area contributed by atoms with E-state index in [9.17, 15) is 9.59 Å². The number of carbonyl (C=O) groups excluding carboxylic acids is 1. The summed E-state index contributed by atoms with van der Waals surface area (Å²) in [6.07, 6.45) is 1.19. The van der Waals surface area contributed by atoms with Gasteiger partial charge in [-0.25, -0.2) is 0 Å². The van der Waals surface area contributed by atoms with Gasteiger partial charge in [-0.15, -0.1) is 0 Å². The Bertz CT molecular complexity index is 618. The molecule has 0 aromatic heterocycles. The lowest BCUT2D eigenvalue weighted by atomic mass is 10.2. The Morgan fingerprint density at radius 1 is 1.27 bits per heavy atom.